The number of thioether (sulfide) groups is 1. The SMILES string of the molecule is Cc1cc(I)cc(C)c1NC(=O)CSc1nnc(Cc2ccccc2)n1C. The molecule has 1 N–H and O–H groups in total. The minimum atomic E-state index is -0.0417. The molecule has 1 aromatic heterocycles. The zero-order chi connectivity index (χ0) is 19.4. The van der Waals surface area contributed by atoms with Crippen LogP contribution in [0.1, 0.15) is 22.5 Å². The van der Waals surface area contributed by atoms with Crippen molar-refractivity contribution in [1.82, 2.24) is 14.8 Å². The third-order valence-corrected chi connectivity index (χ3v) is 5.87. The molecule has 0 aliphatic heterocycles. The Hall–Kier alpha value is -1.87. The van der Waals surface area contributed by atoms with Crippen LogP contribution in [0.15, 0.2) is 47.6 Å². The maximum absolute atomic E-state index is 12.4. The first-order valence-corrected chi connectivity index (χ1v) is 10.6. The highest BCUT2D eigenvalue weighted by molar-refractivity contribution is 14.1. The monoisotopic (exact) mass is 492 g/mol. The van der Waals surface area contributed by atoms with E-state index in [1.807, 2.05) is 43.7 Å². The highest BCUT2D eigenvalue weighted by Gasteiger charge is 2.13. The summed E-state index contributed by atoms with van der Waals surface area (Å²) in [5, 5.41) is 12.3. The van der Waals surface area contributed by atoms with Gasteiger partial charge in [-0.1, -0.05) is 42.1 Å². The predicted molar refractivity (Wildman–Crippen MR) is 118 cm³/mol. The highest BCUT2D eigenvalue weighted by Crippen LogP contribution is 2.24. The minimum absolute atomic E-state index is 0.0417. The lowest BCUT2D eigenvalue weighted by molar-refractivity contribution is -0.113. The fourth-order valence-electron chi connectivity index (χ4n) is 2.82. The molecular weight excluding hydrogens is 471 g/mol. The lowest BCUT2D eigenvalue weighted by Crippen LogP contribution is -2.16. The van der Waals surface area contributed by atoms with Crippen LogP contribution in [0.2, 0.25) is 0 Å². The van der Waals surface area contributed by atoms with Crippen LogP contribution >= 0.6 is 34.4 Å². The van der Waals surface area contributed by atoms with Gasteiger partial charge in [-0.15, -0.1) is 10.2 Å². The molecule has 5 nitrogen and oxygen atoms in total. The lowest BCUT2D eigenvalue weighted by Gasteiger charge is -2.12. The van der Waals surface area contributed by atoms with Gasteiger partial charge in [-0.2, -0.15) is 0 Å². The number of amides is 1. The van der Waals surface area contributed by atoms with Gasteiger partial charge in [0, 0.05) is 22.7 Å². The molecule has 0 saturated heterocycles. The number of rotatable bonds is 6. The summed E-state index contributed by atoms with van der Waals surface area (Å²) in [6.45, 7) is 4.02. The van der Waals surface area contributed by atoms with Crippen molar-refractivity contribution in [2.24, 2.45) is 7.05 Å². The number of hydrogen-bond donors (Lipinski definition) is 1. The van der Waals surface area contributed by atoms with Crippen LogP contribution in [0.3, 0.4) is 0 Å². The molecule has 0 spiro atoms. The third kappa shape index (κ3) is 5.10. The van der Waals surface area contributed by atoms with E-state index < -0.39 is 0 Å². The number of benzene rings is 2. The number of anilines is 1. The van der Waals surface area contributed by atoms with Crippen molar-refractivity contribution in [3.05, 3.63) is 68.5 Å². The van der Waals surface area contributed by atoms with Gasteiger partial charge in [-0.25, -0.2) is 0 Å². The average Bonchev–Trinajstić information content (AvgIpc) is 2.97. The molecule has 0 aliphatic carbocycles. The Morgan fingerprint density at radius 2 is 1.81 bits per heavy atom. The molecule has 1 heterocycles. The van der Waals surface area contributed by atoms with Gasteiger partial charge in [0.05, 0.1) is 5.75 Å². The van der Waals surface area contributed by atoms with Crippen LogP contribution in [0.5, 0.6) is 0 Å². The second kappa shape index (κ2) is 8.88. The molecule has 0 saturated carbocycles. The number of halogens is 1. The van der Waals surface area contributed by atoms with Gasteiger partial charge >= 0.3 is 0 Å². The van der Waals surface area contributed by atoms with Gasteiger partial charge in [-0.05, 0) is 65.3 Å². The van der Waals surface area contributed by atoms with Crippen LogP contribution in [0.25, 0.3) is 0 Å². The Kier molecular flexibility index (Phi) is 6.54. The van der Waals surface area contributed by atoms with Crippen LogP contribution in [0.4, 0.5) is 5.69 Å². The Morgan fingerprint density at radius 1 is 1.15 bits per heavy atom. The minimum Gasteiger partial charge on any atom is -0.325 e. The summed E-state index contributed by atoms with van der Waals surface area (Å²) < 4.78 is 3.12. The van der Waals surface area contributed by atoms with Crippen LogP contribution in [-0.4, -0.2) is 26.4 Å². The summed E-state index contributed by atoms with van der Waals surface area (Å²) in [7, 11) is 1.94. The van der Waals surface area contributed by atoms with E-state index in [1.54, 1.807) is 0 Å². The highest BCUT2D eigenvalue weighted by atomic mass is 127. The first-order valence-electron chi connectivity index (χ1n) is 8.55. The summed E-state index contributed by atoms with van der Waals surface area (Å²) in [5.74, 6) is 1.13. The molecule has 0 bridgehead atoms. The number of carbonyl (C=O) groups excluding carboxylic acids is 1. The van der Waals surface area contributed by atoms with E-state index >= 15 is 0 Å². The number of nitrogens with zero attached hydrogens (tertiary/aromatic N) is 3. The van der Waals surface area contributed by atoms with E-state index in [1.165, 1.54) is 20.9 Å². The van der Waals surface area contributed by atoms with Crippen LogP contribution in [-0.2, 0) is 18.3 Å². The Balaban J connectivity index is 1.61. The molecule has 3 aromatic rings. The van der Waals surface area contributed by atoms with E-state index in [9.17, 15) is 4.79 Å². The molecule has 0 radical (unpaired) electrons. The molecule has 1 amide bonds. The van der Waals surface area contributed by atoms with Crippen LogP contribution in [0, 0.1) is 17.4 Å². The molecule has 7 heteroatoms. The largest absolute Gasteiger partial charge is 0.325 e. The van der Waals surface area contributed by atoms with Crippen LogP contribution < -0.4 is 5.32 Å². The summed E-state index contributed by atoms with van der Waals surface area (Å²) in [5.41, 5.74) is 4.22. The molecule has 27 heavy (non-hydrogen) atoms. The topological polar surface area (TPSA) is 59.8 Å². The molecule has 0 atom stereocenters. The maximum Gasteiger partial charge on any atom is 0.234 e. The standard InChI is InChI=1S/C20H21IN4OS/c1-13-9-16(21)10-14(2)19(13)22-18(26)12-27-20-24-23-17(25(20)3)11-15-7-5-4-6-8-15/h4-10H,11-12H2,1-3H3,(H,22,26). The Labute approximate surface area is 177 Å². The van der Waals surface area contributed by atoms with Crippen molar-refractivity contribution in [2.75, 3.05) is 11.1 Å². The first kappa shape index (κ1) is 19.9. The van der Waals surface area contributed by atoms with Gasteiger partial charge in [0.15, 0.2) is 5.16 Å². The Bertz CT molecular complexity index is 933. The molecule has 0 fully saturated rings. The average molecular weight is 492 g/mol. The second-order valence-corrected chi connectivity index (χ2v) is 8.56. The maximum atomic E-state index is 12.4. The summed E-state index contributed by atoms with van der Waals surface area (Å²) in [4.78, 5) is 12.4. The normalized spacial score (nSPS) is 10.8. The van der Waals surface area contributed by atoms with Crippen molar-refractivity contribution in [3.8, 4) is 0 Å². The van der Waals surface area contributed by atoms with Crippen molar-refractivity contribution < 1.29 is 4.79 Å². The van der Waals surface area contributed by atoms with Crippen molar-refractivity contribution in [3.63, 3.8) is 0 Å². The van der Waals surface area contributed by atoms with Crippen molar-refractivity contribution >= 4 is 45.9 Å². The van der Waals surface area contributed by atoms with E-state index in [0.717, 1.165) is 34.2 Å². The zero-order valence-corrected chi connectivity index (χ0v) is 18.5. The van der Waals surface area contributed by atoms with Gasteiger partial charge in [0.1, 0.15) is 5.82 Å². The molecule has 2 aromatic carbocycles. The fourth-order valence-corrected chi connectivity index (χ4v) is 4.48. The van der Waals surface area contributed by atoms with Crippen molar-refractivity contribution in [2.45, 2.75) is 25.4 Å². The van der Waals surface area contributed by atoms with E-state index in [-0.39, 0.29) is 5.91 Å². The summed E-state index contributed by atoms with van der Waals surface area (Å²) in [6.07, 6.45) is 0.720. The predicted octanol–water partition coefficient (Wildman–Crippen LogP) is 4.36. The van der Waals surface area contributed by atoms with Gasteiger partial charge in [-0.3, -0.25) is 4.79 Å². The van der Waals surface area contributed by atoms with E-state index in [2.05, 4.69) is 62.4 Å². The smallest absolute Gasteiger partial charge is 0.234 e. The van der Waals surface area contributed by atoms with E-state index in [4.69, 9.17) is 0 Å². The number of aryl methyl sites for hydroxylation is 2. The summed E-state index contributed by atoms with van der Waals surface area (Å²) in [6, 6.07) is 14.3. The van der Waals surface area contributed by atoms with Gasteiger partial charge in [0.2, 0.25) is 5.91 Å². The molecule has 3 rings (SSSR count). The summed E-state index contributed by atoms with van der Waals surface area (Å²) >= 11 is 3.68. The number of carbonyl (C=O) groups is 1. The molecule has 140 valence electrons. The number of hydrogen-bond acceptors (Lipinski definition) is 4. The third-order valence-electron chi connectivity index (χ3n) is 4.22. The second-order valence-electron chi connectivity index (χ2n) is 6.37. The lowest BCUT2D eigenvalue weighted by atomic mass is 10.1. The fraction of sp³-hybridized carbons (Fsp3) is 0.250. The molecule has 0 unspecified atom stereocenters. The molecule has 0 aliphatic rings. The quantitative estimate of drug-likeness (QED) is 0.411. The van der Waals surface area contributed by atoms with Crippen molar-refractivity contribution in [1.29, 1.82) is 0 Å². The van der Waals surface area contributed by atoms with Gasteiger partial charge < -0.3 is 9.88 Å². The van der Waals surface area contributed by atoms with Gasteiger partial charge in [0.25, 0.3) is 0 Å². The Morgan fingerprint density at radius 3 is 2.48 bits per heavy atom. The van der Waals surface area contributed by atoms with E-state index in [0.29, 0.717) is 5.75 Å². The number of aromatic nitrogens is 3. The molecular formula is C20H21IN4OS. The zero-order valence-electron chi connectivity index (χ0n) is 15.5. The number of nitrogens with one attached hydrogen (secondary N) is 1. The first-order chi connectivity index (χ1) is 12.9.